The molecule has 0 radical (unpaired) electrons. The number of hydrogen-bond donors (Lipinski definition) is 1. The van der Waals surface area contributed by atoms with Crippen LogP contribution in [0.3, 0.4) is 0 Å². The number of aromatic nitrogens is 2. The van der Waals surface area contributed by atoms with Crippen LogP contribution in [0.1, 0.15) is 46.6 Å². The highest BCUT2D eigenvalue weighted by atomic mass is 16.2. The molecule has 2 aliphatic rings. The van der Waals surface area contributed by atoms with E-state index in [1.54, 1.807) is 0 Å². The predicted octanol–water partition coefficient (Wildman–Crippen LogP) is 4.16. The Balaban J connectivity index is 1.37. The van der Waals surface area contributed by atoms with Gasteiger partial charge in [0, 0.05) is 30.0 Å². The Bertz CT molecular complexity index is 1150. The van der Waals surface area contributed by atoms with E-state index in [1.807, 2.05) is 52.0 Å². The Morgan fingerprint density at radius 2 is 1.78 bits per heavy atom. The molecule has 2 heterocycles. The van der Waals surface area contributed by atoms with Gasteiger partial charge in [0.2, 0.25) is 5.91 Å². The minimum absolute atomic E-state index is 0.0237. The van der Waals surface area contributed by atoms with E-state index in [1.165, 1.54) is 0 Å². The molecule has 6 nitrogen and oxygen atoms in total. The normalized spacial score (nSPS) is 17.8. The lowest BCUT2D eigenvalue weighted by Crippen LogP contribution is -2.44. The summed E-state index contributed by atoms with van der Waals surface area (Å²) < 4.78 is 1.97. The molecular formula is C26H28N4O2. The highest BCUT2D eigenvalue weighted by Gasteiger charge is 2.33. The number of nitrogens with zero attached hydrogens (tertiary/aromatic N) is 3. The van der Waals surface area contributed by atoms with Gasteiger partial charge in [-0.15, -0.1) is 0 Å². The molecule has 2 aromatic carbocycles. The number of anilines is 1. The first-order chi connectivity index (χ1) is 15.6. The summed E-state index contributed by atoms with van der Waals surface area (Å²) in [6.45, 7) is 3.17. The van der Waals surface area contributed by atoms with Gasteiger partial charge in [-0.2, -0.15) is 5.10 Å². The van der Waals surface area contributed by atoms with Gasteiger partial charge in [-0.05, 0) is 62.8 Å². The number of fused-ring (bicyclic) bond motifs is 1. The van der Waals surface area contributed by atoms with Crippen LogP contribution in [0.2, 0.25) is 0 Å². The van der Waals surface area contributed by atoms with E-state index in [9.17, 15) is 9.59 Å². The molecule has 0 bridgehead atoms. The molecule has 32 heavy (non-hydrogen) atoms. The Kier molecular flexibility index (Phi) is 5.52. The van der Waals surface area contributed by atoms with Crippen LogP contribution in [-0.2, 0) is 17.6 Å². The Hall–Kier alpha value is -3.41. The molecule has 2 amide bonds. The average Bonchev–Trinajstić information content (AvgIpc) is 3.43. The summed E-state index contributed by atoms with van der Waals surface area (Å²) in [4.78, 5) is 28.2. The number of likely N-dealkylation sites (tertiary alicyclic amines) is 1. The van der Waals surface area contributed by atoms with Crippen LogP contribution in [0.4, 0.5) is 5.69 Å². The zero-order valence-electron chi connectivity index (χ0n) is 18.4. The largest absolute Gasteiger partial charge is 0.336 e. The molecule has 3 aromatic rings. The highest BCUT2D eigenvalue weighted by molar-refractivity contribution is 5.96. The third-order valence-corrected chi connectivity index (χ3v) is 6.60. The van der Waals surface area contributed by atoms with Gasteiger partial charge >= 0.3 is 0 Å². The van der Waals surface area contributed by atoms with Gasteiger partial charge in [-0.1, -0.05) is 36.4 Å². The second-order valence-corrected chi connectivity index (χ2v) is 8.77. The third kappa shape index (κ3) is 3.81. The number of carbonyl (C=O) groups excluding carboxylic acids is 2. The van der Waals surface area contributed by atoms with Gasteiger partial charge in [0.1, 0.15) is 0 Å². The molecule has 6 heteroatoms. The first kappa shape index (κ1) is 20.5. The summed E-state index contributed by atoms with van der Waals surface area (Å²) in [6.07, 6.45) is 4.47. The monoisotopic (exact) mass is 428 g/mol. The Morgan fingerprint density at radius 1 is 1.00 bits per heavy atom. The second-order valence-electron chi connectivity index (χ2n) is 8.77. The van der Waals surface area contributed by atoms with Crippen molar-refractivity contribution >= 4 is 17.5 Å². The van der Waals surface area contributed by atoms with Crippen molar-refractivity contribution in [3.05, 3.63) is 77.1 Å². The van der Waals surface area contributed by atoms with Gasteiger partial charge in [0.05, 0.1) is 11.6 Å². The fraction of sp³-hybridized carbons (Fsp3) is 0.346. The lowest BCUT2D eigenvalue weighted by atomic mass is 9.96. The molecule has 1 fully saturated rings. The lowest BCUT2D eigenvalue weighted by molar-refractivity contribution is -0.121. The van der Waals surface area contributed by atoms with Gasteiger partial charge in [-0.25, -0.2) is 4.68 Å². The first-order valence-corrected chi connectivity index (χ1v) is 11.4. The summed E-state index contributed by atoms with van der Waals surface area (Å²) >= 11 is 0. The van der Waals surface area contributed by atoms with E-state index in [0.29, 0.717) is 18.8 Å². The van der Waals surface area contributed by atoms with Crippen molar-refractivity contribution in [2.24, 2.45) is 5.92 Å². The van der Waals surface area contributed by atoms with E-state index in [-0.39, 0.29) is 17.7 Å². The number of hydrogen-bond acceptors (Lipinski definition) is 3. The Morgan fingerprint density at radius 3 is 2.59 bits per heavy atom. The van der Waals surface area contributed by atoms with Crippen LogP contribution in [0, 0.1) is 12.8 Å². The molecule has 0 saturated carbocycles. The van der Waals surface area contributed by atoms with Crippen molar-refractivity contribution in [1.82, 2.24) is 14.7 Å². The summed E-state index contributed by atoms with van der Waals surface area (Å²) in [5, 5.41) is 7.79. The highest BCUT2D eigenvalue weighted by Crippen LogP contribution is 2.30. The second kappa shape index (κ2) is 8.61. The zero-order valence-corrected chi connectivity index (χ0v) is 18.4. The number of para-hydroxylation sites is 2. The van der Waals surface area contributed by atoms with Crippen LogP contribution >= 0.6 is 0 Å². The van der Waals surface area contributed by atoms with Crippen molar-refractivity contribution in [1.29, 1.82) is 0 Å². The summed E-state index contributed by atoms with van der Waals surface area (Å²) in [5.41, 5.74) is 5.75. The van der Waals surface area contributed by atoms with Crippen molar-refractivity contribution in [2.45, 2.75) is 39.0 Å². The minimum atomic E-state index is -0.209. The van der Waals surface area contributed by atoms with Crippen molar-refractivity contribution < 1.29 is 9.59 Å². The summed E-state index contributed by atoms with van der Waals surface area (Å²) in [6, 6.07) is 17.6. The van der Waals surface area contributed by atoms with Gasteiger partial charge < -0.3 is 10.2 Å². The molecule has 5 rings (SSSR count). The average molecular weight is 429 g/mol. The van der Waals surface area contributed by atoms with Gasteiger partial charge in [0.15, 0.2) is 5.69 Å². The van der Waals surface area contributed by atoms with E-state index < -0.39 is 0 Å². The number of aryl methyl sites for hydroxylation is 1. The van der Waals surface area contributed by atoms with Gasteiger partial charge in [-0.3, -0.25) is 9.59 Å². The predicted molar refractivity (Wildman–Crippen MR) is 124 cm³/mol. The smallest absolute Gasteiger partial charge is 0.274 e. The molecular weight excluding hydrogens is 400 g/mol. The molecule has 1 atom stereocenters. The Labute approximate surface area is 188 Å². The number of nitrogens with one attached hydrogen (secondary N) is 1. The summed E-state index contributed by atoms with van der Waals surface area (Å²) in [7, 11) is 0. The molecule has 1 aliphatic carbocycles. The number of piperidine rings is 1. The molecule has 1 saturated heterocycles. The van der Waals surface area contributed by atoms with E-state index in [4.69, 9.17) is 5.10 Å². The van der Waals surface area contributed by atoms with Crippen LogP contribution < -0.4 is 5.32 Å². The fourth-order valence-electron chi connectivity index (χ4n) is 4.90. The molecule has 1 N–H and O–H groups in total. The third-order valence-electron chi connectivity index (χ3n) is 6.60. The molecule has 1 aliphatic heterocycles. The van der Waals surface area contributed by atoms with E-state index >= 15 is 0 Å². The first-order valence-electron chi connectivity index (χ1n) is 11.4. The number of carbonyl (C=O) groups is 2. The van der Waals surface area contributed by atoms with Crippen LogP contribution in [0.25, 0.3) is 5.69 Å². The quantitative estimate of drug-likeness (QED) is 0.679. The molecule has 0 spiro atoms. The zero-order chi connectivity index (χ0) is 22.1. The standard InChI is InChI=1S/C26H28N4O2/c1-18-9-5-6-14-22(18)30-23-15-7-13-21(23)24(28-30)26(32)29-16-8-10-19(17-29)25(31)27-20-11-3-2-4-12-20/h2-6,9,11-12,14,19H,7-8,10,13,15-17H2,1H3,(H,27,31). The lowest BCUT2D eigenvalue weighted by Gasteiger charge is -2.31. The topological polar surface area (TPSA) is 67.2 Å². The van der Waals surface area contributed by atoms with Crippen molar-refractivity contribution in [3.8, 4) is 5.69 Å². The van der Waals surface area contributed by atoms with Gasteiger partial charge in [0.25, 0.3) is 5.91 Å². The number of benzene rings is 2. The molecule has 164 valence electrons. The summed E-state index contributed by atoms with van der Waals surface area (Å²) in [5.74, 6) is -0.281. The number of rotatable bonds is 4. The SMILES string of the molecule is Cc1ccccc1-n1nc(C(=O)N2CCCC(C(=O)Nc3ccccc3)C2)c2c1CCC2. The number of amides is 2. The molecule has 1 unspecified atom stereocenters. The van der Waals surface area contributed by atoms with Crippen LogP contribution in [0.5, 0.6) is 0 Å². The van der Waals surface area contributed by atoms with E-state index in [2.05, 4.69) is 24.4 Å². The van der Waals surface area contributed by atoms with Crippen molar-refractivity contribution in [2.75, 3.05) is 18.4 Å². The van der Waals surface area contributed by atoms with Crippen molar-refractivity contribution in [3.63, 3.8) is 0 Å². The minimum Gasteiger partial charge on any atom is -0.336 e. The maximum atomic E-state index is 13.5. The van der Waals surface area contributed by atoms with E-state index in [0.717, 1.165) is 60.3 Å². The maximum absolute atomic E-state index is 13.5. The molecule has 1 aromatic heterocycles. The fourth-order valence-corrected chi connectivity index (χ4v) is 4.90. The van der Waals surface area contributed by atoms with Crippen LogP contribution in [-0.4, -0.2) is 39.6 Å². The maximum Gasteiger partial charge on any atom is 0.274 e. The van der Waals surface area contributed by atoms with Crippen LogP contribution in [0.15, 0.2) is 54.6 Å².